The van der Waals surface area contributed by atoms with E-state index in [0.29, 0.717) is 5.56 Å². The second kappa shape index (κ2) is 7.96. The molecule has 2 heterocycles. The number of benzene rings is 4. The van der Waals surface area contributed by atoms with Gasteiger partial charge in [0, 0.05) is 16.3 Å². The van der Waals surface area contributed by atoms with Gasteiger partial charge in [0.2, 0.25) is 12.1 Å². The quantitative estimate of drug-likeness (QED) is 0.224. The first-order valence-corrected chi connectivity index (χ1v) is 11.3. The minimum absolute atomic E-state index is 0.0325. The van der Waals surface area contributed by atoms with E-state index in [9.17, 15) is 9.18 Å². The van der Waals surface area contributed by atoms with Crippen LogP contribution in [0.25, 0.3) is 33.0 Å². The Morgan fingerprint density at radius 3 is 2.50 bits per heavy atom. The lowest BCUT2D eigenvalue weighted by Gasteiger charge is -2.09. The molecule has 0 radical (unpaired) electrons. The average Bonchev–Trinajstić information content (AvgIpc) is 3.42. The molecular formula is C29H22FN2O2+. The average molecular weight is 450 g/mol. The zero-order valence-electron chi connectivity index (χ0n) is 18.6. The molecule has 0 fully saturated rings. The van der Waals surface area contributed by atoms with Crippen LogP contribution in [0, 0.1) is 5.82 Å². The third-order valence-corrected chi connectivity index (χ3v) is 6.51. The number of imidazole rings is 1. The maximum atomic E-state index is 13.3. The highest BCUT2D eigenvalue weighted by Crippen LogP contribution is 2.32. The fraction of sp³-hybridized carbons (Fsp3) is 0.103. The van der Waals surface area contributed by atoms with Crippen molar-refractivity contribution in [3.8, 4) is 0 Å². The van der Waals surface area contributed by atoms with Crippen molar-refractivity contribution in [2.24, 2.45) is 0 Å². The molecule has 0 saturated heterocycles. The SMILES string of the molecule is CC(c1ccc2oc3ccccc3c2c1)n1c[n+](CC(=O)c2ccc(F)cc2)c2ccccc21. The van der Waals surface area contributed by atoms with Crippen molar-refractivity contribution in [1.29, 1.82) is 0 Å². The third-order valence-electron chi connectivity index (χ3n) is 6.51. The summed E-state index contributed by atoms with van der Waals surface area (Å²) >= 11 is 0. The summed E-state index contributed by atoms with van der Waals surface area (Å²) in [5.74, 6) is -0.413. The van der Waals surface area contributed by atoms with Crippen LogP contribution in [0.5, 0.6) is 0 Å². The molecule has 6 aromatic rings. The van der Waals surface area contributed by atoms with Gasteiger partial charge < -0.3 is 4.42 Å². The molecular weight excluding hydrogens is 427 g/mol. The Hall–Kier alpha value is -4.25. The van der Waals surface area contributed by atoms with Gasteiger partial charge in [-0.15, -0.1) is 0 Å². The smallest absolute Gasteiger partial charge is 0.245 e. The van der Waals surface area contributed by atoms with Crippen molar-refractivity contribution in [2.75, 3.05) is 0 Å². The van der Waals surface area contributed by atoms with E-state index in [1.165, 1.54) is 24.3 Å². The number of para-hydroxylation sites is 3. The highest BCUT2D eigenvalue weighted by atomic mass is 19.1. The first kappa shape index (κ1) is 20.4. The minimum Gasteiger partial charge on any atom is -0.456 e. The number of furan rings is 1. The van der Waals surface area contributed by atoms with Crippen LogP contribution in [0.15, 0.2) is 102 Å². The molecule has 1 atom stereocenters. The number of hydrogen-bond donors (Lipinski definition) is 0. The molecule has 0 aliphatic rings. The number of carbonyl (C=O) groups is 1. The molecule has 0 amide bonds. The largest absolute Gasteiger partial charge is 0.456 e. The molecule has 0 bridgehead atoms. The lowest BCUT2D eigenvalue weighted by atomic mass is 10.0. The van der Waals surface area contributed by atoms with Crippen LogP contribution < -0.4 is 4.57 Å². The molecule has 0 aliphatic heterocycles. The predicted molar refractivity (Wildman–Crippen MR) is 130 cm³/mol. The number of fused-ring (bicyclic) bond motifs is 4. The number of carbonyl (C=O) groups excluding carboxylic acids is 1. The highest BCUT2D eigenvalue weighted by molar-refractivity contribution is 6.05. The van der Waals surface area contributed by atoms with Crippen LogP contribution in [0.3, 0.4) is 0 Å². The maximum absolute atomic E-state index is 13.3. The van der Waals surface area contributed by atoms with Crippen LogP contribution in [0.1, 0.15) is 28.9 Å². The second-order valence-corrected chi connectivity index (χ2v) is 8.60. The topological polar surface area (TPSA) is 39.0 Å². The third kappa shape index (κ3) is 3.37. The van der Waals surface area contributed by atoms with E-state index in [4.69, 9.17) is 4.42 Å². The fourth-order valence-corrected chi connectivity index (χ4v) is 4.68. The number of halogens is 1. The monoisotopic (exact) mass is 449 g/mol. The number of Topliss-reactive ketones (excluding diaryl/α,β-unsaturated/α-hetero) is 1. The van der Waals surface area contributed by atoms with Crippen LogP contribution in [0.2, 0.25) is 0 Å². The van der Waals surface area contributed by atoms with Gasteiger partial charge in [-0.3, -0.25) is 4.79 Å². The van der Waals surface area contributed by atoms with E-state index < -0.39 is 0 Å². The van der Waals surface area contributed by atoms with Crippen molar-refractivity contribution in [3.63, 3.8) is 0 Å². The van der Waals surface area contributed by atoms with E-state index in [1.807, 2.05) is 53.4 Å². The molecule has 6 rings (SSSR count). The zero-order valence-corrected chi connectivity index (χ0v) is 18.6. The van der Waals surface area contributed by atoms with Gasteiger partial charge in [-0.2, -0.15) is 0 Å². The normalized spacial score (nSPS) is 12.5. The number of ketones is 1. The number of hydrogen-bond acceptors (Lipinski definition) is 2. The molecule has 34 heavy (non-hydrogen) atoms. The molecule has 0 saturated carbocycles. The Morgan fingerprint density at radius 1 is 0.912 bits per heavy atom. The summed E-state index contributed by atoms with van der Waals surface area (Å²) in [6, 6.07) is 28.2. The van der Waals surface area contributed by atoms with Crippen molar-refractivity contribution in [1.82, 2.24) is 4.57 Å². The summed E-state index contributed by atoms with van der Waals surface area (Å²) in [5, 5.41) is 2.19. The molecule has 0 N–H and O–H groups in total. The molecule has 0 aliphatic carbocycles. The van der Waals surface area contributed by atoms with Crippen molar-refractivity contribution in [2.45, 2.75) is 19.5 Å². The molecule has 0 spiro atoms. The van der Waals surface area contributed by atoms with Crippen molar-refractivity contribution >= 4 is 38.8 Å². The Morgan fingerprint density at radius 2 is 1.65 bits per heavy atom. The minimum atomic E-state index is -0.350. The molecule has 4 aromatic carbocycles. The fourth-order valence-electron chi connectivity index (χ4n) is 4.68. The Bertz CT molecular complexity index is 1680. The molecule has 1 unspecified atom stereocenters. The van der Waals surface area contributed by atoms with Crippen LogP contribution in [0.4, 0.5) is 4.39 Å². The molecule has 5 heteroatoms. The molecule has 166 valence electrons. The number of rotatable bonds is 5. The van der Waals surface area contributed by atoms with E-state index in [2.05, 4.69) is 35.8 Å². The van der Waals surface area contributed by atoms with Gasteiger partial charge in [-0.05, 0) is 67.1 Å². The van der Waals surface area contributed by atoms with Gasteiger partial charge in [0.15, 0.2) is 17.6 Å². The van der Waals surface area contributed by atoms with E-state index in [0.717, 1.165) is 38.5 Å². The Balaban J connectivity index is 1.40. The van der Waals surface area contributed by atoms with Gasteiger partial charge in [0.1, 0.15) is 23.0 Å². The van der Waals surface area contributed by atoms with E-state index in [-0.39, 0.29) is 24.2 Å². The molecule has 2 aromatic heterocycles. The van der Waals surface area contributed by atoms with Gasteiger partial charge in [0.25, 0.3) is 0 Å². The van der Waals surface area contributed by atoms with Gasteiger partial charge in [0.05, 0.1) is 0 Å². The van der Waals surface area contributed by atoms with E-state index >= 15 is 0 Å². The first-order valence-electron chi connectivity index (χ1n) is 11.3. The van der Waals surface area contributed by atoms with Crippen LogP contribution in [-0.2, 0) is 6.54 Å². The summed E-state index contributed by atoms with van der Waals surface area (Å²) in [6.07, 6.45) is 1.99. The van der Waals surface area contributed by atoms with Crippen LogP contribution in [-0.4, -0.2) is 10.4 Å². The lowest BCUT2D eigenvalue weighted by molar-refractivity contribution is -0.658. The maximum Gasteiger partial charge on any atom is 0.245 e. The van der Waals surface area contributed by atoms with Crippen LogP contribution >= 0.6 is 0 Å². The van der Waals surface area contributed by atoms with Crippen molar-refractivity contribution < 1.29 is 18.2 Å². The highest BCUT2D eigenvalue weighted by Gasteiger charge is 2.23. The van der Waals surface area contributed by atoms with Gasteiger partial charge in [-0.1, -0.05) is 36.4 Å². The van der Waals surface area contributed by atoms with Crippen molar-refractivity contribution in [3.05, 3.63) is 114 Å². The Labute approximate surface area is 195 Å². The molecule has 4 nitrogen and oxygen atoms in total. The Kier molecular flexibility index (Phi) is 4.77. The zero-order chi connectivity index (χ0) is 23.2. The number of aromatic nitrogens is 2. The number of nitrogens with zero attached hydrogens (tertiary/aromatic N) is 2. The summed E-state index contributed by atoms with van der Waals surface area (Å²) in [6.45, 7) is 2.33. The standard InChI is InChI=1S/C29H22FN2O2/c1-19(21-12-15-29-24(16-21)23-6-2-5-9-28(23)34-29)32-18-31(25-7-3-4-8-26(25)32)17-27(33)20-10-13-22(30)14-11-20/h2-16,18-19H,17H2,1H3/q+1. The lowest BCUT2D eigenvalue weighted by Crippen LogP contribution is -2.37. The summed E-state index contributed by atoms with van der Waals surface area (Å²) in [7, 11) is 0. The van der Waals surface area contributed by atoms with E-state index in [1.54, 1.807) is 0 Å². The van der Waals surface area contributed by atoms with Gasteiger partial charge >= 0.3 is 0 Å². The predicted octanol–water partition coefficient (Wildman–Crippen LogP) is 6.46. The van der Waals surface area contributed by atoms with Gasteiger partial charge in [-0.25, -0.2) is 13.5 Å². The summed E-state index contributed by atoms with van der Waals surface area (Å²) < 4.78 is 23.4. The summed E-state index contributed by atoms with van der Waals surface area (Å²) in [4.78, 5) is 12.9. The summed E-state index contributed by atoms with van der Waals surface area (Å²) in [5.41, 5.74) is 5.41. The second-order valence-electron chi connectivity index (χ2n) is 8.60. The first-order chi connectivity index (χ1) is 16.6.